The van der Waals surface area contributed by atoms with Gasteiger partial charge in [0.2, 0.25) is 5.78 Å². The summed E-state index contributed by atoms with van der Waals surface area (Å²) in [5.74, 6) is -0.328. The van der Waals surface area contributed by atoms with E-state index in [-0.39, 0.29) is 29.0 Å². The summed E-state index contributed by atoms with van der Waals surface area (Å²) in [4.78, 5) is 36.8. The van der Waals surface area contributed by atoms with Gasteiger partial charge in [0.05, 0.1) is 12.2 Å². The van der Waals surface area contributed by atoms with Gasteiger partial charge in [-0.2, -0.15) is 0 Å². The predicted octanol–water partition coefficient (Wildman–Crippen LogP) is 2.92. The summed E-state index contributed by atoms with van der Waals surface area (Å²) in [7, 11) is 0. The molecular formula is C25H32O6. The van der Waals surface area contributed by atoms with Crippen molar-refractivity contribution in [3.63, 3.8) is 0 Å². The summed E-state index contributed by atoms with van der Waals surface area (Å²) >= 11 is 0. The molecule has 0 aromatic rings. The van der Waals surface area contributed by atoms with Crippen molar-refractivity contribution in [3.05, 3.63) is 23.8 Å². The number of aldehydes is 1. The molecule has 0 aromatic heterocycles. The lowest BCUT2D eigenvalue weighted by molar-refractivity contribution is -0.198. The number of fused-ring (bicyclic) bond motifs is 7. The van der Waals surface area contributed by atoms with E-state index in [0.29, 0.717) is 25.5 Å². The Morgan fingerprint density at radius 3 is 2.84 bits per heavy atom. The fourth-order valence-corrected chi connectivity index (χ4v) is 8.03. The predicted molar refractivity (Wildman–Crippen MR) is 112 cm³/mol. The molecule has 168 valence electrons. The number of aliphatic hydroxyl groups excluding tert-OH is 1. The number of allylic oxidation sites excluding steroid dienone is 4. The molecule has 5 aliphatic rings. The highest BCUT2D eigenvalue weighted by Gasteiger charge is 2.75. The maximum Gasteiger partial charge on any atom is 0.230 e. The Labute approximate surface area is 183 Å². The SMILES string of the molecule is CCCC1O[C@@H]2CC3[C@@H]4CCC5=CC(=O)C=C[C@]5(C)[C@@H]4C(O)C[C@]3(C)[C@]2(C(=O)C=O)O1. The lowest BCUT2D eigenvalue weighted by Crippen LogP contribution is -2.63. The zero-order chi connectivity index (χ0) is 22.2. The van der Waals surface area contributed by atoms with Crippen LogP contribution in [0.2, 0.25) is 0 Å². The van der Waals surface area contributed by atoms with Crippen LogP contribution in [0.1, 0.15) is 59.3 Å². The number of hydrogen-bond acceptors (Lipinski definition) is 6. The van der Waals surface area contributed by atoms with Crippen LogP contribution in [0.25, 0.3) is 0 Å². The Morgan fingerprint density at radius 1 is 1.35 bits per heavy atom. The standard InChI is InChI=1S/C25H32O6/c1-4-5-21-30-20-11-17-16-7-6-14-10-15(27)8-9-23(14,2)22(16)18(28)12-24(17,3)25(20,31-21)19(29)13-26/h8-10,13,16-18,20-22,28H,4-7,11-12H2,1-3H3/t16-,17?,18?,20+,21?,22-,23-,24-,25+/m0/s1. The van der Waals surface area contributed by atoms with E-state index in [4.69, 9.17) is 9.47 Å². The Morgan fingerprint density at radius 2 is 2.13 bits per heavy atom. The van der Waals surface area contributed by atoms with Crippen LogP contribution >= 0.6 is 0 Å². The van der Waals surface area contributed by atoms with Gasteiger partial charge in [-0.25, -0.2) is 0 Å². The number of aliphatic hydroxyl groups is 1. The number of carbonyl (C=O) groups is 3. The van der Waals surface area contributed by atoms with Gasteiger partial charge < -0.3 is 14.6 Å². The molecule has 4 aliphatic carbocycles. The average Bonchev–Trinajstić information content (AvgIpc) is 3.20. The number of rotatable bonds is 4. The molecule has 4 fully saturated rings. The molecule has 31 heavy (non-hydrogen) atoms. The second kappa shape index (κ2) is 6.93. The van der Waals surface area contributed by atoms with Crippen molar-refractivity contribution in [1.82, 2.24) is 0 Å². The largest absolute Gasteiger partial charge is 0.393 e. The van der Waals surface area contributed by atoms with Gasteiger partial charge in [-0.1, -0.05) is 38.8 Å². The summed E-state index contributed by atoms with van der Waals surface area (Å²) in [6.07, 6.45) is 8.30. The third-order valence-electron chi connectivity index (χ3n) is 9.29. The molecule has 1 aliphatic heterocycles. The number of hydrogen-bond donors (Lipinski definition) is 1. The molecule has 1 heterocycles. The van der Waals surface area contributed by atoms with Crippen molar-refractivity contribution in [3.8, 4) is 0 Å². The van der Waals surface area contributed by atoms with Crippen LogP contribution < -0.4 is 0 Å². The van der Waals surface area contributed by atoms with Gasteiger partial charge in [0.15, 0.2) is 24.0 Å². The zero-order valence-electron chi connectivity index (χ0n) is 18.5. The van der Waals surface area contributed by atoms with E-state index in [1.54, 1.807) is 12.2 Å². The van der Waals surface area contributed by atoms with Crippen LogP contribution in [0.5, 0.6) is 0 Å². The van der Waals surface area contributed by atoms with Crippen LogP contribution in [-0.4, -0.2) is 47.1 Å². The molecule has 6 nitrogen and oxygen atoms in total. The highest BCUT2D eigenvalue weighted by Crippen LogP contribution is 2.69. The minimum atomic E-state index is -1.32. The zero-order valence-corrected chi connectivity index (χ0v) is 18.5. The first-order valence-electron chi connectivity index (χ1n) is 11.7. The van der Waals surface area contributed by atoms with E-state index >= 15 is 0 Å². The molecule has 0 spiro atoms. The van der Waals surface area contributed by atoms with E-state index in [0.717, 1.165) is 24.8 Å². The summed E-state index contributed by atoms with van der Waals surface area (Å²) < 4.78 is 12.5. The van der Waals surface area contributed by atoms with E-state index in [1.807, 2.05) is 19.9 Å². The fraction of sp³-hybridized carbons (Fsp3) is 0.720. The van der Waals surface area contributed by atoms with E-state index in [1.165, 1.54) is 0 Å². The number of carbonyl (C=O) groups excluding carboxylic acids is 3. The van der Waals surface area contributed by atoms with Gasteiger partial charge in [0.1, 0.15) is 0 Å². The Hall–Kier alpha value is -1.63. The Kier molecular flexibility index (Phi) is 4.75. The molecule has 0 aromatic carbocycles. The van der Waals surface area contributed by atoms with Crippen molar-refractivity contribution >= 4 is 17.9 Å². The monoisotopic (exact) mass is 428 g/mol. The van der Waals surface area contributed by atoms with E-state index in [9.17, 15) is 19.5 Å². The average molecular weight is 429 g/mol. The molecular weight excluding hydrogens is 396 g/mol. The van der Waals surface area contributed by atoms with Gasteiger partial charge in [-0.05, 0) is 56.1 Å². The second-order valence-corrected chi connectivity index (χ2v) is 10.6. The van der Waals surface area contributed by atoms with Gasteiger partial charge in [0.25, 0.3) is 0 Å². The van der Waals surface area contributed by atoms with Gasteiger partial charge in [0, 0.05) is 16.7 Å². The van der Waals surface area contributed by atoms with Crippen LogP contribution in [-0.2, 0) is 23.9 Å². The summed E-state index contributed by atoms with van der Waals surface area (Å²) in [5, 5.41) is 11.5. The topological polar surface area (TPSA) is 89.9 Å². The van der Waals surface area contributed by atoms with Crippen molar-refractivity contribution in [2.24, 2.45) is 28.6 Å². The van der Waals surface area contributed by atoms with Crippen molar-refractivity contribution in [2.75, 3.05) is 0 Å². The molecule has 3 unspecified atom stereocenters. The maximum atomic E-state index is 13.1. The number of ether oxygens (including phenoxy) is 2. The second-order valence-electron chi connectivity index (χ2n) is 10.6. The third kappa shape index (κ3) is 2.58. The highest BCUT2D eigenvalue weighted by atomic mass is 16.7. The highest BCUT2D eigenvalue weighted by molar-refractivity contribution is 6.29. The van der Waals surface area contributed by atoms with Crippen LogP contribution in [0.15, 0.2) is 23.8 Å². The van der Waals surface area contributed by atoms with Gasteiger partial charge >= 0.3 is 0 Å². The molecule has 1 N–H and O–H groups in total. The molecule has 3 saturated carbocycles. The molecule has 6 heteroatoms. The fourth-order valence-electron chi connectivity index (χ4n) is 8.03. The molecule has 0 radical (unpaired) electrons. The summed E-state index contributed by atoms with van der Waals surface area (Å²) in [6.45, 7) is 6.17. The molecule has 5 rings (SSSR count). The molecule has 0 amide bonds. The lowest BCUT2D eigenvalue weighted by atomic mass is 9.46. The number of Topliss-reactive ketones (excluding diaryl/α,β-unsaturated/α-hetero) is 1. The van der Waals surface area contributed by atoms with Crippen LogP contribution in [0.4, 0.5) is 0 Å². The first kappa shape index (κ1) is 21.2. The Balaban J connectivity index is 1.56. The first-order valence-corrected chi connectivity index (χ1v) is 11.7. The quantitative estimate of drug-likeness (QED) is 0.547. The van der Waals surface area contributed by atoms with Crippen molar-refractivity contribution in [2.45, 2.75) is 83.4 Å². The summed E-state index contributed by atoms with van der Waals surface area (Å²) in [5.41, 5.74) is -1.27. The maximum absolute atomic E-state index is 13.1. The third-order valence-corrected chi connectivity index (χ3v) is 9.29. The molecule has 0 bridgehead atoms. The lowest BCUT2D eigenvalue weighted by Gasteiger charge is -2.59. The smallest absolute Gasteiger partial charge is 0.230 e. The summed E-state index contributed by atoms with van der Waals surface area (Å²) in [6, 6.07) is 0. The van der Waals surface area contributed by atoms with Crippen molar-refractivity contribution < 1.29 is 29.0 Å². The van der Waals surface area contributed by atoms with Crippen LogP contribution in [0, 0.1) is 28.6 Å². The van der Waals surface area contributed by atoms with Gasteiger partial charge in [-0.15, -0.1) is 0 Å². The van der Waals surface area contributed by atoms with E-state index < -0.39 is 35.3 Å². The minimum Gasteiger partial charge on any atom is -0.393 e. The normalized spacial score (nSPS) is 50.2. The number of ketones is 2. The molecule has 9 atom stereocenters. The van der Waals surface area contributed by atoms with E-state index in [2.05, 4.69) is 6.92 Å². The van der Waals surface area contributed by atoms with Gasteiger partial charge in [-0.3, -0.25) is 14.4 Å². The first-order chi connectivity index (χ1) is 14.7. The molecule has 1 saturated heterocycles. The van der Waals surface area contributed by atoms with Crippen LogP contribution in [0.3, 0.4) is 0 Å². The minimum absolute atomic E-state index is 0.00996. The van der Waals surface area contributed by atoms with Crippen molar-refractivity contribution in [1.29, 1.82) is 0 Å². The Bertz CT molecular complexity index is 890.